The van der Waals surface area contributed by atoms with Crippen molar-refractivity contribution in [3.8, 4) is 11.5 Å². The number of anilines is 1. The summed E-state index contributed by atoms with van der Waals surface area (Å²) in [5, 5.41) is 6.27. The Morgan fingerprint density at radius 1 is 1.14 bits per heavy atom. The van der Waals surface area contributed by atoms with Crippen LogP contribution in [0.2, 0.25) is 0 Å². The number of nitrogen functional groups attached to an aromatic ring is 1. The number of aryl methyl sites for hydroxylation is 1. The Labute approximate surface area is 124 Å². The van der Waals surface area contributed by atoms with E-state index < -0.39 is 0 Å². The summed E-state index contributed by atoms with van der Waals surface area (Å²) in [6.07, 6.45) is 1.88. The summed E-state index contributed by atoms with van der Waals surface area (Å²) in [5.74, 6) is 1.86. The van der Waals surface area contributed by atoms with E-state index in [4.69, 9.17) is 10.3 Å². The Bertz CT molecular complexity index is 762. The number of fused-ring (bicyclic) bond motifs is 1. The molecule has 4 nitrogen and oxygen atoms in total. The van der Waals surface area contributed by atoms with Crippen molar-refractivity contribution in [2.24, 2.45) is 5.92 Å². The molecule has 0 radical (unpaired) electrons. The molecule has 2 N–H and O–H groups in total. The molecule has 0 spiro atoms. The average molecular weight is 281 g/mol. The van der Waals surface area contributed by atoms with E-state index in [9.17, 15) is 0 Å². The van der Waals surface area contributed by atoms with Crippen LogP contribution >= 0.6 is 0 Å². The molecule has 3 aromatic rings. The number of rotatable bonds is 4. The molecule has 0 saturated carbocycles. The third-order valence-corrected chi connectivity index (χ3v) is 3.56. The smallest absolute Gasteiger partial charge is 0.260 e. The van der Waals surface area contributed by atoms with Crippen molar-refractivity contribution in [2.75, 3.05) is 5.73 Å². The molecule has 0 aliphatic heterocycles. The molecule has 0 saturated heterocycles. The van der Waals surface area contributed by atoms with E-state index in [2.05, 4.69) is 24.0 Å². The fourth-order valence-corrected chi connectivity index (χ4v) is 2.33. The predicted molar refractivity (Wildman–Crippen MR) is 84.8 cm³/mol. The molecule has 108 valence electrons. The molecule has 0 amide bonds. The second-order valence-electron chi connectivity index (χ2n) is 5.73. The van der Waals surface area contributed by atoms with Crippen LogP contribution in [0.15, 0.2) is 40.9 Å². The van der Waals surface area contributed by atoms with Crippen molar-refractivity contribution in [1.82, 2.24) is 10.1 Å². The summed E-state index contributed by atoms with van der Waals surface area (Å²) in [7, 11) is 0. The van der Waals surface area contributed by atoms with Gasteiger partial charge in [-0.2, -0.15) is 4.98 Å². The van der Waals surface area contributed by atoms with Gasteiger partial charge in [-0.15, -0.1) is 0 Å². The molecule has 3 rings (SSSR count). The summed E-state index contributed by atoms with van der Waals surface area (Å²) < 4.78 is 5.37. The second-order valence-corrected chi connectivity index (χ2v) is 5.73. The van der Waals surface area contributed by atoms with Crippen molar-refractivity contribution < 1.29 is 4.52 Å². The number of hydrogen-bond acceptors (Lipinski definition) is 4. The zero-order chi connectivity index (χ0) is 14.8. The van der Waals surface area contributed by atoms with E-state index >= 15 is 0 Å². The SMILES string of the molecule is CC(C)CCc1noc(-c2cc3ccccc3cc2N)n1. The Kier molecular flexibility index (Phi) is 3.60. The molecular weight excluding hydrogens is 262 g/mol. The molecule has 0 atom stereocenters. The van der Waals surface area contributed by atoms with Crippen LogP contribution < -0.4 is 5.73 Å². The van der Waals surface area contributed by atoms with Crippen LogP contribution in [0, 0.1) is 5.92 Å². The molecule has 21 heavy (non-hydrogen) atoms. The third kappa shape index (κ3) is 2.89. The van der Waals surface area contributed by atoms with Gasteiger partial charge in [0.25, 0.3) is 5.89 Å². The number of hydrogen-bond donors (Lipinski definition) is 1. The molecule has 0 aliphatic carbocycles. The van der Waals surface area contributed by atoms with Gasteiger partial charge in [-0.25, -0.2) is 0 Å². The van der Waals surface area contributed by atoms with Crippen LogP contribution in [0.4, 0.5) is 5.69 Å². The normalized spacial score (nSPS) is 11.4. The third-order valence-electron chi connectivity index (χ3n) is 3.56. The Morgan fingerprint density at radius 3 is 2.57 bits per heavy atom. The molecule has 0 aliphatic rings. The number of nitrogens with two attached hydrogens (primary N) is 1. The van der Waals surface area contributed by atoms with Crippen molar-refractivity contribution in [1.29, 1.82) is 0 Å². The maximum atomic E-state index is 6.12. The molecule has 0 unspecified atom stereocenters. The van der Waals surface area contributed by atoms with Gasteiger partial charge in [0.1, 0.15) is 0 Å². The van der Waals surface area contributed by atoms with E-state index in [0.717, 1.165) is 35.0 Å². The summed E-state index contributed by atoms with van der Waals surface area (Å²) >= 11 is 0. The van der Waals surface area contributed by atoms with Gasteiger partial charge in [-0.1, -0.05) is 43.3 Å². The fraction of sp³-hybridized carbons (Fsp3) is 0.294. The molecular formula is C17H19N3O. The summed E-state index contributed by atoms with van der Waals surface area (Å²) in [5.41, 5.74) is 7.59. The summed E-state index contributed by atoms with van der Waals surface area (Å²) in [6.45, 7) is 4.37. The van der Waals surface area contributed by atoms with Crippen LogP contribution in [-0.4, -0.2) is 10.1 Å². The Hall–Kier alpha value is -2.36. The lowest BCUT2D eigenvalue weighted by molar-refractivity contribution is 0.419. The fourth-order valence-electron chi connectivity index (χ4n) is 2.33. The zero-order valence-electron chi connectivity index (χ0n) is 12.3. The van der Waals surface area contributed by atoms with Crippen LogP contribution in [-0.2, 0) is 6.42 Å². The van der Waals surface area contributed by atoms with Gasteiger partial charge in [0, 0.05) is 12.1 Å². The Balaban J connectivity index is 1.94. The van der Waals surface area contributed by atoms with Gasteiger partial charge >= 0.3 is 0 Å². The molecule has 4 heteroatoms. The van der Waals surface area contributed by atoms with Crippen molar-refractivity contribution in [3.05, 3.63) is 42.2 Å². The highest BCUT2D eigenvalue weighted by Gasteiger charge is 2.13. The van der Waals surface area contributed by atoms with Gasteiger partial charge in [0.05, 0.1) is 5.56 Å². The van der Waals surface area contributed by atoms with E-state index in [-0.39, 0.29) is 0 Å². The molecule has 2 aromatic carbocycles. The first-order valence-corrected chi connectivity index (χ1v) is 7.24. The van der Waals surface area contributed by atoms with Crippen LogP contribution in [0.3, 0.4) is 0 Å². The first-order chi connectivity index (χ1) is 10.1. The maximum absolute atomic E-state index is 6.12. The molecule has 0 bridgehead atoms. The highest BCUT2D eigenvalue weighted by atomic mass is 16.5. The number of aromatic nitrogens is 2. The second kappa shape index (κ2) is 5.56. The van der Waals surface area contributed by atoms with E-state index in [0.29, 0.717) is 17.5 Å². The lowest BCUT2D eigenvalue weighted by Gasteiger charge is -2.04. The summed E-state index contributed by atoms with van der Waals surface area (Å²) in [4.78, 5) is 4.46. The quantitative estimate of drug-likeness (QED) is 0.732. The van der Waals surface area contributed by atoms with Crippen molar-refractivity contribution in [3.63, 3.8) is 0 Å². The minimum atomic E-state index is 0.497. The van der Waals surface area contributed by atoms with Crippen molar-refractivity contribution >= 4 is 16.5 Å². The van der Waals surface area contributed by atoms with Gasteiger partial charge in [-0.05, 0) is 35.2 Å². The van der Waals surface area contributed by atoms with Crippen molar-refractivity contribution in [2.45, 2.75) is 26.7 Å². The molecule has 1 heterocycles. The summed E-state index contributed by atoms with van der Waals surface area (Å²) in [6, 6.07) is 12.0. The zero-order valence-corrected chi connectivity index (χ0v) is 12.3. The minimum absolute atomic E-state index is 0.497. The average Bonchev–Trinajstić information content (AvgIpc) is 2.93. The van der Waals surface area contributed by atoms with Crippen LogP contribution in [0.5, 0.6) is 0 Å². The topological polar surface area (TPSA) is 64.9 Å². The largest absolute Gasteiger partial charge is 0.398 e. The highest BCUT2D eigenvalue weighted by molar-refractivity contribution is 5.92. The Morgan fingerprint density at radius 2 is 1.86 bits per heavy atom. The highest BCUT2D eigenvalue weighted by Crippen LogP contribution is 2.29. The molecule has 0 fully saturated rings. The number of nitrogens with zero attached hydrogens (tertiary/aromatic N) is 2. The monoisotopic (exact) mass is 281 g/mol. The lowest BCUT2D eigenvalue weighted by Crippen LogP contribution is -1.94. The van der Waals surface area contributed by atoms with Gasteiger partial charge < -0.3 is 10.3 Å². The first kappa shape index (κ1) is 13.6. The van der Waals surface area contributed by atoms with Gasteiger partial charge in [0.15, 0.2) is 5.82 Å². The van der Waals surface area contributed by atoms with E-state index in [1.165, 1.54) is 0 Å². The van der Waals surface area contributed by atoms with Crippen LogP contribution in [0.1, 0.15) is 26.1 Å². The standard InChI is InChI=1S/C17H19N3O/c1-11(2)7-8-16-19-17(21-20-16)14-9-12-5-3-4-6-13(12)10-15(14)18/h3-6,9-11H,7-8,18H2,1-2H3. The van der Waals surface area contributed by atoms with Gasteiger partial charge in [0.2, 0.25) is 0 Å². The predicted octanol–water partition coefficient (Wildman–Crippen LogP) is 4.06. The van der Waals surface area contributed by atoms with E-state index in [1.807, 2.05) is 36.4 Å². The minimum Gasteiger partial charge on any atom is -0.398 e. The maximum Gasteiger partial charge on any atom is 0.260 e. The van der Waals surface area contributed by atoms with Crippen LogP contribution in [0.25, 0.3) is 22.2 Å². The molecule has 1 aromatic heterocycles. The first-order valence-electron chi connectivity index (χ1n) is 7.24. The van der Waals surface area contributed by atoms with E-state index in [1.54, 1.807) is 0 Å². The van der Waals surface area contributed by atoms with Gasteiger partial charge in [-0.3, -0.25) is 0 Å². The number of benzene rings is 2. The lowest BCUT2D eigenvalue weighted by atomic mass is 10.0.